The molecule has 0 amide bonds. The summed E-state index contributed by atoms with van der Waals surface area (Å²) in [6, 6.07) is 8.16. The number of hydrogen-bond acceptors (Lipinski definition) is 4. The van der Waals surface area contributed by atoms with Crippen LogP contribution < -0.4 is 5.19 Å². The maximum atomic E-state index is 11.1. The van der Waals surface area contributed by atoms with Gasteiger partial charge in [-0.25, -0.2) is 4.79 Å². The number of rotatable bonds is 12. The van der Waals surface area contributed by atoms with Gasteiger partial charge in [0.2, 0.25) is 0 Å². The van der Waals surface area contributed by atoms with E-state index in [9.17, 15) is 4.79 Å². The largest absolute Gasteiger partial charge is 0.463 e. The fourth-order valence-corrected chi connectivity index (χ4v) is 5.91. The summed E-state index contributed by atoms with van der Waals surface area (Å²) < 4.78 is 17.3. The number of carbonyl (C=O) groups excluding carboxylic acids is 1. The van der Waals surface area contributed by atoms with E-state index in [2.05, 4.69) is 42.3 Å². The molecule has 3 radical (unpaired) electrons. The van der Waals surface area contributed by atoms with Crippen molar-refractivity contribution in [1.82, 2.24) is 0 Å². The zero-order valence-corrected chi connectivity index (χ0v) is 16.7. The van der Waals surface area contributed by atoms with Crippen LogP contribution in [0.3, 0.4) is 0 Å². The van der Waals surface area contributed by atoms with Crippen molar-refractivity contribution < 1.29 is 18.4 Å². The summed E-state index contributed by atoms with van der Waals surface area (Å²) in [5, 5.41) is 1.10. The summed E-state index contributed by atoms with van der Waals surface area (Å²) >= 11 is 0. The lowest BCUT2D eigenvalue weighted by atomic mass is 10.1. The molecule has 0 unspecified atom stereocenters. The van der Waals surface area contributed by atoms with Crippen LogP contribution in [-0.4, -0.2) is 43.6 Å². The monoisotopic (exact) mass is 363 g/mol. The highest BCUT2D eigenvalue weighted by Gasteiger charge is 2.35. The molecular formula is C18H27O4Si2. The van der Waals surface area contributed by atoms with Gasteiger partial charge in [0.1, 0.15) is 0 Å². The quantitative estimate of drug-likeness (QED) is 0.248. The summed E-state index contributed by atoms with van der Waals surface area (Å²) in [4.78, 5) is 11.1. The van der Waals surface area contributed by atoms with Gasteiger partial charge in [0.05, 0.1) is 16.4 Å². The molecule has 0 saturated carbocycles. The van der Waals surface area contributed by atoms with Gasteiger partial charge in [-0.3, -0.25) is 0 Å². The van der Waals surface area contributed by atoms with Crippen LogP contribution in [0.25, 0.3) is 0 Å². The van der Waals surface area contributed by atoms with Crippen LogP contribution in [0.15, 0.2) is 36.9 Å². The predicted molar refractivity (Wildman–Crippen MR) is 99.5 cm³/mol. The third-order valence-corrected chi connectivity index (χ3v) is 7.48. The van der Waals surface area contributed by atoms with Crippen molar-refractivity contribution in [3.05, 3.63) is 42.5 Å². The molecule has 1 rings (SSSR count). The Morgan fingerprint density at radius 3 is 2.38 bits per heavy atom. The van der Waals surface area contributed by atoms with Crippen molar-refractivity contribution in [2.24, 2.45) is 0 Å². The highest BCUT2D eigenvalue weighted by molar-refractivity contribution is 7.17. The third-order valence-electron chi connectivity index (χ3n) is 3.39. The molecular weight excluding hydrogens is 336 g/mol. The summed E-state index contributed by atoms with van der Waals surface area (Å²) in [6.45, 7) is 9.25. The molecule has 0 N–H and O–H groups in total. The first-order valence-electron chi connectivity index (χ1n) is 8.47. The molecule has 131 valence electrons. The van der Waals surface area contributed by atoms with E-state index in [0.717, 1.165) is 30.9 Å². The van der Waals surface area contributed by atoms with E-state index in [1.807, 2.05) is 12.1 Å². The summed E-state index contributed by atoms with van der Waals surface area (Å²) in [5.74, 6) is -0.385. The lowest BCUT2D eigenvalue weighted by molar-refractivity contribution is -0.137. The third kappa shape index (κ3) is 6.72. The van der Waals surface area contributed by atoms with Gasteiger partial charge < -0.3 is 13.6 Å². The molecule has 0 spiro atoms. The first kappa shape index (κ1) is 20.8. The normalized spacial score (nSPS) is 11.3. The second-order valence-electron chi connectivity index (χ2n) is 5.45. The second-order valence-corrected chi connectivity index (χ2v) is 9.77. The first-order valence-corrected chi connectivity index (χ1v) is 11.8. The SMILES string of the molecule is C=CC(=O)OCCCc1ccccc1[Si]([Si])(OCCC)OCCC. The summed E-state index contributed by atoms with van der Waals surface area (Å²) in [6.07, 6.45) is 4.60. The lowest BCUT2D eigenvalue weighted by Gasteiger charge is -2.29. The average molecular weight is 364 g/mol. The topological polar surface area (TPSA) is 44.8 Å². The number of hydrogen-bond donors (Lipinski definition) is 0. The number of ether oxygens (including phenoxy) is 1. The minimum Gasteiger partial charge on any atom is -0.463 e. The molecule has 0 aliphatic rings. The maximum Gasteiger partial charge on any atom is 0.340 e. The van der Waals surface area contributed by atoms with Crippen molar-refractivity contribution in [2.75, 3.05) is 19.8 Å². The fourth-order valence-electron chi connectivity index (χ4n) is 2.24. The first-order chi connectivity index (χ1) is 11.6. The highest BCUT2D eigenvalue weighted by Crippen LogP contribution is 2.11. The van der Waals surface area contributed by atoms with Crippen LogP contribution in [0.2, 0.25) is 0 Å². The van der Waals surface area contributed by atoms with Gasteiger partial charge in [0.15, 0.2) is 0 Å². The van der Waals surface area contributed by atoms with Crippen molar-refractivity contribution in [3.63, 3.8) is 0 Å². The van der Waals surface area contributed by atoms with Gasteiger partial charge in [-0.05, 0) is 36.4 Å². The Morgan fingerprint density at radius 1 is 1.17 bits per heavy atom. The maximum absolute atomic E-state index is 11.1. The summed E-state index contributed by atoms with van der Waals surface area (Å²) in [7, 11) is 1.23. The van der Waals surface area contributed by atoms with Gasteiger partial charge in [0.25, 0.3) is 0 Å². The molecule has 0 aromatic heterocycles. The molecule has 0 saturated heterocycles. The molecule has 0 fully saturated rings. The molecule has 4 nitrogen and oxygen atoms in total. The van der Waals surface area contributed by atoms with E-state index in [-0.39, 0.29) is 5.97 Å². The molecule has 0 heterocycles. The Morgan fingerprint density at radius 2 is 1.79 bits per heavy atom. The summed E-state index contributed by atoms with van der Waals surface area (Å²) in [5.41, 5.74) is 1.17. The Hall–Kier alpha value is -1.22. The van der Waals surface area contributed by atoms with Crippen molar-refractivity contribution >= 4 is 29.0 Å². The zero-order chi connectivity index (χ0) is 17.8. The number of aryl methyl sites for hydroxylation is 1. The Kier molecular flexibility index (Phi) is 9.86. The van der Waals surface area contributed by atoms with E-state index in [0.29, 0.717) is 19.8 Å². The van der Waals surface area contributed by atoms with Crippen LogP contribution in [0.4, 0.5) is 0 Å². The number of esters is 1. The van der Waals surface area contributed by atoms with Gasteiger partial charge in [-0.1, -0.05) is 44.7 Å². The molecule has 24 heavy (non-hydrogen) atoms. The van der Waals surface area contributed by atoms with E-state index >= 15 is 0 Å². The highest BCUT2D eigenvalue weighted by atomic mass is 29.2. The van der Waals surface area contributed by atoms with E-state index in [1.165, 1.54) is 11.6 Å². The minimum atomic E-state index is -2.62. The van der Waals surface area contributed by atoms with Crippen LogP contribution in [0.5, 0.6) is 0 Å². The Labute approximate surface area is 149 Å². The fraction of sp³-hybridized carbons (Fsp3) is 0.500. The molecule has 1 aromatic carbocycles. The van der Waals surface area contributed by atoms with E-state index in [4.69, 9.17) is 13.6 Å². The van der Waals surface area contributed by atoms with E-state index < -0.39 is 8.08 Å². The standard InChI is InChI=1S/C18H27O4Si2/c1-4-13-21-24(23,22-14-5-2)17-12-8-7-10-16(17)11-9-15-20-18(19)6-3/h6-8,10,12H,3-5,9,11,13-15H2,1-2H3. The molecule has 0 aliphatic heterocycles. The smallest absolute Gasteiger partial charge is 0.340 e. The van der Waals surface area contributed by atoms with Crippen LogP contribution >= 0.6 is 0 Å². The van der Waals surface area contributed by atoms with Crippen LogP contribution in [-0.2, 0) is 24.8 Å². The van der Waals surface area contributed by atoms with Crippen molar-refractivity contribution in [1.29, 1.82) is 0 Å². The minimum absolute atomic E-state index is 0.376. The molecule has 0 bridgehead atoms. The van der Waals surface area contributed by atoms with Crippen LogP contribution in [0.1, 0.15) is 38.7 Å². The van der Waals surface area contributed by atoms with Gasteiger partial charge in [0, 0.05) is 19.3 Å². The molecule has 0 aliphatic carbocycles. The van der Waals surface area contributed by atoms with Gasteiger partial charge in [-0.2, -0.15) is 0 Å². The van der Waals surface area contributed by atoms with Crippen molar-refractivity contribution in [2.45, 2.75) is 39.5 Å². The lowest BCUT2D eigenvalue weighted by Crippen LogP contribution is -2.56. The molecule has 1 aromatic rings. The number of benzene rings is 1. The van der Waals surface area contributed by atoms with Crippen molar-refractivity contribution in [3.8, 4) is 0 Å². The van der Waals surface area contributed by atoms with Gasteiger partial charge >= 0.3 is 14.0 Å². The number of carbonyl (C=O) groups is 1. The Balaban J connectivity index is 2.83. The average Bonchev–Trinajstić information content (AvgIpc) is 2.62. The molecule has 0 atom stereocenters. The molecule has 6 heteroatoms. The Bertz CT molecular complexity index is 511. The predicted octanol–water partition coefficient (Wildman–Crippen LogP) is 2.52. The van der Waals surface area contributed by atoms with Crippen LogP contribution in [0, 0.1) is 0 Å². The zero-order valence-electron chi connectivity index (χ0n) is 14.7. The van der Waals surface area contributed by atoms with E-state index in [1.54, 1.807) is 0 Å². The second kappa shape index (κ2) is 11.4. The van der Waals surface area contributed by atoms with Gasteiger partial charge in [-0.15, -0.1) is 0 Å².